The van der Waals surface area contributed by atoms with Gasteiger partial charge in [-0.25, -0.2) is 4.98 Å². The third kappa shape index (κ3) is 2.40. The Morgan fingerprint density at radius 1 is 1.33 bits per heavy atom. The van der Waals surface area contributed by atoms with E-state index < -0.39 is 0 Å². The molecule has 108 valence electrons. The third-order valence-electron chi connectivity index (χ3n) is 3.52. The molecule has 1 aromatic carbocycles. The maximum atomic E-state index is 7.45. The highest BCUT2D eigenvalue weighted by atomic mass is 16.5. The van der Waals surface area contributed by atoms with Crippen LogP contribution in [0, 0.1) is 5.41 Å². The summed E-state index contributed by atoms with van der Waals surface area (Å²) in [4.78, 5) is 10.8. The lowest BCUT2D eigenvalue weighted by Gasteiger charge is -2.26. The number of methoxy groups -OCH3 is 1. The molecule has 0 amide bonds. The van der Waals surface area contributed by atoms with Crippen molar-refractivity contribution in [2.75, 3.05) is 12.0 Å². The van der Waals surface area contributed by atoms with Crippen molar-refractivity contribution < 1.29 is 4.74 Å². The van der Waals surface area contributed by atoms with Crippen molar-refractivity contribution in [1.82, 2.24) is 9.55 Å². The second-order valence-electron chi connectivity index (χ2n) is 4.92. The topological polar surface area (TPSA) is 66.5 Å². The van der Waals surface area contributed by atoms with Crippen LogP contribution in [0.2, 0.25) is 0 Å². The van der Waals surface area contributed by atoms with Crippen molar-refractivity contribution in [2.24, 2.45) is 12.0 Å². The zero-order valence-corrected chi connectivity index (χ0v) is 12.0. The fourth-order valence-corrected chi connectivity index (χ4v) is 2.44. The Balaban J connectivity index is 1.88. The lowest BCUT2D eigenvalue weighted by atomic mass is 10.1. The molecular weight excluding hydrogens is 266 g/mol. The van der Waals surface area contributed by atoms with E-state index in [9.17, 15) is 0 Å². The van der Waals surface area contributed by atoms with Gasteiger partial charge in [-0.2, -0.15) is 0 Å². The minimum absolute atomic E-state index is 0.284. The average molecular weight is 283 g/mol. The highest BCUT2D eigenvalue weighted by Gasteiger charge is 2.25. The number of hydrogen-bond acceptors (Lipinski definition) is 5. The summed E-state index contributed by atoms with van der Waals surface area (Å²) in [6.07, 6.45) is 4.86. The van der Waals surface area contributed by atoms with Crippen LogP contribution >= 0.6 is 0 Å². The number of nitrogens with one attached hydrogen (secondary N) is 1. The molecule has 0 fully saturated rings. The van der Waals surface area contributed by atoms with E-state index >= 15 is 0 Å². The number of rotatable bonds is 4. The van der Waals surface area contributed by atoms with Crippen LogP contribution in [0.15, 0.2) is 35.6 Å². The number of imidazole rings is 1. The number of aliphatic imine (C=N–C) groups is 1. The highest BCUT2D eigenvalue weighted by Crippen LogP contribution is 2.30. The molecule has 1 aliphatic heterocycles. The van der Waals surface area contributed by atoms with Crippen molar-refractivity contribution in [3.63, 3.8) is 0 Å². The van der Waals surface area contributed by atoms with E-state index in [0.717, 1.165) is 22.8 Å². The number of nitrogens with zero attached hydrogens (tertiary/aromatic N) is 4. The van der Waals surface area contributed by atoms with E-state index in [4.69, 9.17) is 10.1 Å². The zero-order valence-electron chi connectivity index (χ0n) is 12.0. The van der Waals surface area contributed by atoms with Crippen molar-refractivity contribution in [1.29, 1.82) is 5.41 Å². The molecule has 2 heterocycles. The van der Waals surface area contributed by atoms with Crippen LogP contribution < -0.4 is 9.64 Å². The third-order valence-corrected chi connectivity index (χ3v) is 3.52. The van der Waals surface area contributed by atoms with Crippen molar-refractivity contribution >= 4 is 18.4 Å². The molecule has 2 aromatic rings. The number of fused-ring (bicyclic) bond motifs is 1. The zero-order chi connectivity index (χ0) is 14.8. The molecule has 0 radical (unpaired) electrons. The quantitative estimate of drug-likeness (QED) is 0.874. The number of anilines is 1. The standard InChI is InChI=1S/C15H17N5O/c1-19-9-18-14-13(7-16)17-10-20(15(14)19)8-11-3-5-12(21-2)6-4-11/h3-7,9-10,13,16H,8H2,1-2H3. The van der Waals surface area contributed by atoms with Crippen molar-refractivity contribution in [3.8, 4) is 5.75 Å². The Kier molecular flexibility index (Phi) is 3.43. The molecule has 0 saturated carbocycles. The average Bonchev–Trinajstić information content (AvgIpc) is 2.91. The molecule has 1 unspecified atom stereocenters. The summed E-state index contributed by atoms with van der Waals surface area (Å²) in [6.45, 7) is 0.699. The van der Waals surface area contributed by atoms with E-state index in [2.05, 4.69) is 9.98 Å². The van der Waals surface area contributed by atoms with Gasteiger partial charge in [-0.3, -0.25) is 4.99 Å². The summed E-state index contributed by atoms with van der Waals surface area (Å²) in [5.41, 5.74) is 1.98. The minimum atomic E-state index is -0.284. The molecule has 0 bridgehead atoms. The second-order valence-corrected chi connectivity index (χ2v) is 4.92. The van der Waals surface area contributed by atoms with E-state index in [-0.39, 0.29) is 6.04 Å². The van der Waals surface area contributed by atoms with Crippen molar-refractivity contribution in [3.05, 3.63) is 41.9 Å². The van der Waals surface area contributed by atoms with E-state index in [1.807, 2.05) is 40.8 Å². The van der Waals surface area contributed by atoms with Gasteiger partial charge in [-0.05, 0) is 17.7 Å². The Hall–Kier alpha value is -2.63. The maximum Gasteiger partial charge on any atom is 0.139 e. The van der Waals surface area contributed by atoms with Gasteiger partial charge in [0.05, 0.1) is 26.3 Å². The fourth-order valence-electron chi connectivity index (χ4n) is 2.44. The fraction of sp³-hybridized carbons (Fsp3) is 0.267. The molecule has 1 atom stereocenters. The second kappa shape index (κ2) is 5.40. The predicted molar refractivity (Wildman–Crippen MR) is 82.4 cm³/mol. The first-order valence-corrected chi connectivity index (χ1v) is 6.67. The van der Waals surface area contributed by atoms with E-state index in [1.54, 1.807) is 19.8 Å². The van der Waals surface area contributed by atoms with Gasteiger partial charge in [0, 0.05) is 13.3 Å². The monoisotopic (exact) mass is 283 g/mol. The molecular formula is C15H17N5O. The smallest absolute Gasteiger partial charge is 0.139 e. The summed E-state index contributed by atoms with van der Waals surface area (Å²) in [7, 11) is 3.61. The largest absolute Gasteiger partial charge is 0.497 e. The minimum Gasteiger partial charge on any atom is -0.497 e. The molecule has 0 saturated heterocycles. The van der Waals surface area contributed by atoms with Gasteiger partial charge >= 0.3 is 0 Å². The number of ether oxygens (including phenoxy) is 1. The molecule has 1 aromatic heterocycles. The molecule has 6 heteroatoms. The van der Waals surface area contributed by atoms with Crippen LogP contribution in [0.1, 0.15) is 17.3 Å². The van der Waals surface area contributed by atoms with Crippen LogP contribution in [-0.4, -0.2) is 29.2 Å². The number of benzene rings is 1. The first-order chi connectivity index (χ1) is 10.2. The van der Waals surface area contributed by atoms with Gasteiger partial charge in [0.2, 0.25) is 0 Å². The van der Waals surface area contributed by atoms with Gasteiger partial charge in [0.1, 0.15) is 23.3 Å². The highest BCUT2D eigenvalue weighted by molar-refractivity contribution is 5.85. The predicted octanol–water partition coefficient (Wildman–Crippen LogP) is 2.17. The molecule has 21 heavy (non-hydrogen) atoms. The molecule has 1 N–H and O–H groups in total. The number of hydrogen-bond donors (Lipinski definition) is 1. The van der Waals surface area contributed by atoms with Crippen molar-refractivity contribution in [2.45, 2.75) is 12.6 Å². The van der Waals surface area contributed by atoms with Gasteiger partial charge in [0.15, 0.2) is 0 Å². The number of aromatic nitrogens is 2. The lowest BCUT2D eigenvalue weighted by molar-refractivity contribution is 0.414. The summed E-state index contributed by atoms with van der Waals surface area (Å²) < 4.78 is 7.13. The SMILES string of the molecule is COc1ccc(CN2C=NC(C=N)c3ncn(C)c32)cc1. The van der Waals surface area contributed by atoms with Crippen LogP contribution in [0.4, 0.5) is 5.82 Å². The summed E-state index contributed by atoms with van der Waals surface area (Å²) in [5.74, 6) is 1.82. The van der Waals surface area contributed by atoms with Crippen LogP contribution in [-0.2, 0) is 13.6 Å². The number of aryl methyl sites for hydroxylation is 1. The van der Waals surface area contributed by atoms with Gasteiger partial charge in [-0.1, -0.05) is 12.1 Å². The Labute approximate surface area is 123 Å². The normalized spacial score (nSPS) is 16.7. The Morgan fingerprint density at radius 3 is 2.76 bits per heavy atom. The maximum absolute atomic E-state index is 7.45. The Morgan fingerprint density at radius 2 is 2.10 bits per heavy atom. The molecule has 3 rings (SSSR count). The van der Waals surface area contributed by atoms with Crippen LogP contribution in [0.25, 0.3) is 0 Å². The molecule has 1 aliphatic rings. The molecule has 0 aliphatic carbocycles. The summed E-state index contributed by atoms with van der Waals surface area (Å²) in [6, 6.07) is 7.67. The van der Waals surface area contributed by atoms with Crippen LogP contribution in [0.5, 0.6) is 5.75 Å². The van der Waals surface area contributed by atoms with Gasteiger partial charge in [0.25, 0.3) is 0 Å². The first kappa shape index (κ1) is 13.4. The first-order valence-electron chi connectivity index (χ1n) is 6.67. The van der Waals surface area contributed by atoms with E-state index in [0.29, 0.717) is 6.54 Å². The molecule has 6 nitrogen and oxygen atoms in total. The van der Waals surface area contributed by atoms with E-state index in [1.165, 1.54) is 6.21 Å². The summed E-state index contributed by atoms with van der Waals surface area (Å²) >= 11 is 0. The van der Waals surface area contributed by atoms with Gasteiger partial charge < -0.3 is 19.6 Å². The lowest BCUT2D eigenvalue weighted by Crippen LogP contribution is -2.28. The molecule has 0 spiro atoms. The Bertz CT molecular complexity index is 674. The van der Waals surface area contributed by atoms with Gasteiger partial charge in [-0.15, -0.1) is 0 Å². The van der Waals surface area contributed by atoms with Crippen LogP contribution in [0.3, 0.4) is 0 Å². The summed E-state index contributed by atoms with van der Waals surface area (Å²) in [5, 5.41) is 7.45.